The topological polar surface area (TPSA) is 77.0 Å². The minimum absolute atomic E-state index is 0.150. The summed E-state index contributed by atoms with van der Waals surface area (Å²) in [5, 5.41) is 8.68. The Kier molecular flexibility index (Phi) is 6.01. The van der Waals surface area contributed by atoms with Crippen LogP contribution in [0.5, 0.6) is 0 Å². The lowest BCUT2D eigenvalue weighted by Gasteiger charge is -2.23. The molecule has 1 aromatic carbocycles. The Balaban J connectivity index is 1.73. The van der Waals surface area contributed by atoms with Gasteiger partial charge in [0.15, 0.2) is 5.82 Å². The molecule has 0 spiro atoms. The normalized spacial score (nSPS) is 16.5. The number of hydrogen-bond acceptors (Lipinski definition) is 5. The summed E-state index contributed by atoms with van der Waals surface area (Å²) >= 11 is 4.86. The lowest BCUT2D eigenvalue weighted by molar-refractivity contribution is -0.130. The number of hydrogen-bond donors (Lipinski definition) is 1. The van der Waals surface area contributed by atoms with E-state index in [4.69, 9.17) is 5.84 Å². The highest BCUT2D eigenvalue weighted by molar-refractivity contribution is 9.10. The van der Waals surface area contributed by atoms with Crippen molar-refractivity contribution in [2.75, 3.05) is 18.9 Å². The number of carbonyl (C=O) groups is 1. The minimum Gasteiger partial charge on any atom is -0.342 e. The molecule has 2 heterocycles. The van der Waals surface area contributed by atoms with Gasteiger partial charge in [0.1, 0.15) is 0 Å². The van der Waals surface area contributed by atoms with Gasteiger partial charge in [0, 0.05) is 23.1 Å². The monoisotopic (exact) mass is 423 g/mol. The second-order valence-corrected chi connectivity index (χ2v) is 8.32. The Morgan fingerprint density at radius 1 is 1.20 bits per heavy atom. The molecule has 6 nitrogen and oxygen atoms in total. The smallest absolute Gasteiger partial charge is 0.235 e. The van der Waals surface area contributed by atoms with Crippen molar-refractivity contribution < 1.29 is 4.79 Å². The van der Waals surface area contributed by atoms with E-state index in [-0.39, 0.29) is 11.2 Å². The van der Waals surface area contributed by atoms with Crippen LogP contribution in [0.1, 0.15) is 32.6 Å². The number of amides is 1. The van der Waals surface area contributed by atoms with E-state index in [2.05, 4.69) is 26.1 Å². The van der Waals surface area contributed by atoms with Crippen molar-refractivity contribution in [2.45, 2.75) is 43.0 Å². The number of nitrogens with two attached hydrogens (primary N) is 1. The molecule has 2 aromatic rings. The van der Waals surface area contributed by atoms with Gasteiger partial charge in [-0.15, -0.1) is 10.2 Å². The van der Waals surface area contributed by atoms with Gasteiger partial charge in [-0.3, -0.25) is 4.79 Å². The molecule has 134 valence electrons. The molecule has 1 saturated heterocycles. The fraction of sp³-hybridized carbons (Fsp3) is 0.471. The van der Waals surface area contributed by atoms with Crippen LogP contribution in [0.4, 0.5) is 0 Å². The van der Waals surface area contributed by atoms with Crippen molar-refractivity contribution in [1.29, 1.82) is 0 Å². The molecule has 1 atom stereocenters. The Morgan fingerprint density at radius 3 is 2.56 bits per heavy atom. The zero-order valence-corrected chi connectivity index (χ0v) is 16.6. The number of carbonyl (C=O) groups excluding carboxylic acids is 1. The Morgan fingerprint density at radius 2 is 1.88 bits per heavy atom. The fourth-order valence-corrected chi connectivity index (χ4v) is 4.26. The van der Waals surface area contributed by atoms with Crippen LogP contribution >= 0.6 is 27.7 Å². The molecular formula is C17H22BrN5OS. The van der Waals surface area contributed by atoms with Gasteiger partial charge >= 0.3 is 0 Å². The van der Waals surface area contributed by atoms with E-state index in [1.807, 2.05) is 36.1 Å². The summed E-state index contributed by atoms with van der Waals surface area (Å²) in [5.74, 6) is 6.91. The second kappa shape index (κ2) is 8.23. The highest BCUT2D eigenvalue weighted by atomic mass is 79.9. The van der Waals surface area contributed by atoms with Crippen LogP contribution in [0.15, 0.2) is 33.9 Å². The van der Waals surface area contributed by atoms with Gasteiger partial charge < -0.3 is 10.7 Å². The Labute approximate surface area is 160 Å². The average molecular weight is 424 g/mol. The van der Waals surface area contributed by atoms with Crippen LogP contribution in [0.2, 0.25) is 0 Å². The maximum absolute atomic E-state index is 12.7. The van der Waals surface area contributed by atoms with E-state index in [1.54, 1.807) is 0 Å². The first-order valence-electron chi connectivity index (χ1n) is 8.48. The number of nitrogens with zero attached hydrogens (tertiary/aromatic N) is 4. The number of thioether (sulfide) groups is 1. The molecule has 8 heteroatoms. The highest BCUT2D eigenvalue weighted by Crippen LogP contribution is 2.29. The van der Waals surface area contributed by atoms with Crippen molar-refractivity contribution in [2.24, 2.45) is 0 Å². The molecular weight excluding hydrogens is 402 g/mol. The van der Waals surface area contributed by atoms with E-state index in [9.17, 15) is 4.79 Å². The summed E-state index contributed by atoms with van der Waals surface area (Å²) in [5.41, 5.74) is 0.871. The number of aromatic nitrogens is 3. The summed E-state index contributed by atoms with van der Waals surface area (Å²) in [4.78, 5) is 14.7. The van der Waals surface area contributed by atoms with Crippen LogP contribution in [0.25, 0.3) is 11.4 Å². The maximum atomic E-state index is 12.7. The predicted molar refractivity (Wildman–Crippen MR) is 104 cm³/mol. The summed E-state index contributed by atoms with van der Waals surface area (Å²) in [6.45, 7) is 3.60. The zero-order valence-electron chi connectivity index (χ0n) is 14.2. The first-order chi connectivity index (χ1) is 12.1. The lowest BCUT2D eigenvalue weighted by Crippen LogP contribution is -2.37. The first kappa shape index (κ1) is 18.3. The molecule has 1 unspecified atom stereocenters. The van der Waals surface area contributed by atoms with E-state index in [1.165, 1.54) is 29.3 Å². The number of rotatable bonds is 4. The standard InChI is InChI=1S/C17H22BrN5OS/c1-12(16(24)22-10-6-2-3-7-11-22)25-17-21-20-15(23(17)19)13-8-4-5-9-14(13)18/h4-5,8-9,12H,2-3,6-7,10-11,19H2,1H3. The lowest BCUT2D eigenvalue weighted by atomic mass is 10.2. The van der Waals surface area contributed by atoms with Gasteiger partial charge in [-0.1, -0.05) is 52.7 Å². The van der Waals surface area contributed by atoms with Gasteiger partial charge in [-0.2, -0.15) is 0 Å². The molecule has 0 aliphatic carbocycles. The average Bonchev–Trinajstić information content (AvgIpc) is 2.81. The van der Waals surface area contributed by atoms with Crippen molar-refractivity contribution in [3.05, 3.63) is 28.7 Å². The summed E-state index contributed by atoms with van der Waals surface area (Å²) < 4.78 is 2.36. The minimum atomic E-state index is -0.239. The highest BCUT2D eigenvalue weighted by Gasteiger charge is 2.25. The van der Waals surface area contributed by atoms with Gasteiger partial charge in [0.05, 0.1) is 5.25 Å². The molecule has 2 N–H and O–H groups in total. The zero-order chi connectivity index (χ0) is 17.8. The number of likely N-dealkylation sites (tertiary alicyclic amines) is 1. The third-order valence-electron chi connectivity index (χ3n) is 4.33. The number of nitrogen functional groups attached to an aromatic ring is 1. The van der Waals surface area contributed by atoms with Gasteiger partial charge in [0.2, 0.25) is 11.1 Å². The van der Waals surface area contributed by atoms with Gasteiger partial charge in [0.25, 0.3) is 0 Å². The van der Waals surface area contributed by atoms with Crippen molar-refractivity contribution in [3.8, 4) is 11.4 Å². The van der Waals surface area contributed by atoms with Crippen LogP contribution in [0, 0.1) is 0 Å². The van der Waals surface area contributed by atoms with Crippen molar-refractivity contribution in [1.82, 2.24) is 19.8 Å². The number of halogens is 1. The van der Waals surface area contributed by atoms with E-state index in [0.29, 0.717) is 11.0 Å². The molecule has 1 amide bonds. The van der Waals surface area contributed by atoms with Crippen molar-refractivity contribution in [3.63, 3.8) is 0 Å². The molecule has 0 radical (unpaired) electrons. The third-order valence-corrected chi connectivity index (χ3v) is 6.06. The summed E-state index contributed by atoms with van der Waals surface area (Å²) in [6.07, 6.45) is 4.58. The molecule has 0 saturated carbocycles. The quantitative estimate of drug-likeness (QED) is 0.602. The van der Waals surface area contributed by atoms with Crippen molar-refractivity contribution >= 4 is 33.6 Å². The summed E-state index contributed by atoms with van der Waals surface area (Å²) in [6, 6.07) is 7.72. The van der Waals surface area contributed by atoms with Crippen LogP contribution in [-0.2, 0) is 4.79 Å². The predicted octanol–water partition coefficient (Wildman–Crippen LogP) is 3.30. The third kappa shape index (κ3) is 4.17. The van der Waals surface area contributed by atoms with E-state index in [0.717, 1.165) is 36.0 Å². The first-order valence-corrected chi connectivity index (χ1v) is 10.2. The SMILES string of the molecule is CC(Sc1nnc(-c2ccccc2Br)n1N)C(=O)N1CCCCCC1. The summed E-state index contributed by atoms with van der Waals surface area (Å²) in [7, 11) is 0. The Bertz CT molecular complexity index is 742. The second-order valence-electron chi connectivity index (χ2n) is 6.16. The molecule has 1 aromatic heterocycles. The molecule has 1 aliphatic rings. The van der Waals surface area contributed by atoms with Gasteiger partial charge in [-0.05, 0) is 31.9 Å². The van der Waals surface area contributed by atoms with Crippen LogP contribution < -0.4 is 5.84 Å². The molecule has 3 rings (SSSR count). The Hall–Kier alpha value is -1.54. The largest absolute Gasteiger partial charge is 0.342 e. The van der Waals surface area contributed by atoms with Crippen LogP contribution in [0.3, 0.4) is 0 Å². The number of benzene rings is 1. The fourth-order valence-electron chi connectivity index (χ4n) is 2.94. The van der Waals surface area contributed by atoms with Crippen LogP contribution in [-0.4, -0.2) is 44.0 Å². The van der Waals surface area contributed by atoms with E-state index < -0.39 is 0 Å². The maximum Gasteiger partial charge on any atom is 0.235 e. The molecule has 1 aliphatic heterocycles. The molecule has 0 bridgehead atoms. The van der Waals surface area contributed by atoms with E-state index >= 15 is 0 Å². The molecule has 1 fully saturated rings. The van der Waals surface area contributed by atoms with Gasteiger partial charge in [-0.25, -0.2) is 4.68 Å². The molecule has 25 heavy (non-hydrogen) atoms.